The second-order valence-corrected chi connectivity index (χ2v) is 6.65. The topological polar surface area (TPSA) is 70.5 Å². The SMILES string of the molecule is C1N2CN3CN1CN(C2)C3.C=O.Cc1ccccc1O.Oc1ccccc1. The fourth-order valence-electron chi connectivity index (χ4n) is 3.23. The lowest BCUT2D eigenvalue weighted by molar-refractivity contribution is -0.194. The van der Waals surface area contributed by atoms with Crippen LogP contribution >= 0.6 is 0 Å². The largest absolute Gasteiger partial charge is 0.508 e. The molecule has 0 aromatic heterocycles. The van der Waals surface area contributed by atoms with E-state index in [2.05, 4.69) is 19.6 Å². The van der Waals surface area contributed by atoms with Crippen LogP contribution in [-0.2, 0) is 4.79 Å². The highest BCUT2D eigenvalue weighted by atomic mass is 16.3. The molecule has 2 N–H and O–H groups in total. The first-order valence-electron chi connectivity index (χ1n) is 8.77. The Bertz CT molecular complexity index is 606. The monoisotopic (exact) mass is 372 g/mol. The maximum absolute atomic E-state index is 8.92. The van der Waals surface area contributed by atoms with Crippen molar-refractivity contribution in [2.75, 3.05) is 40.0 Å². The van der Waals surface area contributed by atoms with E-state index in [4.69, 9.17) is 15.0 Å². The first-order chi connectivity index (χ1) is 13.1. The van der Waals surface area contributed by atoms with Crippen molar-refractivity contribution in [3.05, 3.63) is 60.2 Å². The molecule has 0 saturated carbocycles. The van der Waals surface area contributed by atoms with Crippen LogP contribution in [0.4, 0.5) is 0 Å². The van der Waals surface area contributed by atoms with Gasteiger partial charge in [-0.15, -0.1) is 0 Å². The number of phenols is 2. The summed E-state index contributed by atoms with van der Waals surface area (Å²) in [4.78, 5) is 17.9. The number of carbonyl (C=O) groups excluding carboxylic acids is 1. The minimum atomic E-state index is 0.322. The average Bonchev–Trinajstić information content (AvgIpc) is 2.66. The molecule has 0 spiro atoms. The van der Waals surface area contributed by atoms with Gasteiger partial charge in [-0.1, -0.05) is 36.4 Å². The highest BCUT2D eigenvalue weighted by Crippen LogP contribution is 2.20. The summed E-state index contributed by atoms with van der Waals surface area (Å²) in [5, 5.41) is 17.6. The van der Waals surface area contributed by atoms with Crippen LogP contribution in [0.5, 0.6) is 11.5 Å². The molecule has 0 atom stereocenters. The minimum absolute atomic E-state index is 0.322. The number of carbonyl (C=O) groups is 1. The molecule has 27 heavy (non-hydrogen) atoms. The van der Waals surface area contributed by atoms with Crippen LogP contribution < -0.4 is 0 Å². The third kappa shape index (κ3) is 6.65. The standard InChI is InChI=1S/C7H8O.C6H12N4.C6H6O.CH2O/c1-6-4-2-3-5-7(6)8;1-7-2-9-4-8(1)5-10(3-7)6-9;7-6-4-2-1-3-5-6;1-2/h2-5,8H,1H3;1-6H2;1-5,7H;1H2. The summed E-state index contributed by atoms with van der Waals surface area (Å²) < 4.78 is 0. The predicted molar refractivity (Wildman–Crippen MR) is 105 cm³/mol. The summed E-state index contributed by atoms with van der Waals surface area (Å²) >= 11 is 0. The molecule has 4 aliphatic rings. The number of hydrogen-bond donors (Lipinski definition) is 2. The molecule has 6 rings (SSSR count). The molecule has 4 saturated heterocycles. The third-order valence-corrected chi connectivity index (χ3v) is 4.27. The Balaban J connectivity index is 0.000000142. The van der Waals surface area contributed by atoms with E-state index in [0.29, 0.717) is 11.5 Å². The Kier molecular flexibility index (Phi) is 8.22. The Morgan fingerprint density at radius 1 is 0.667 bits per heavy atom. The van der Waals surface area contributed by atoms with Gasteiger partial charge >= 0.3 is 0 Å². The van der Waals surface area contributed by atoms with Crippen molar-refractivity contribution in [2.45, 2.75) is 6.92 Å². The number of aryl methyl sites for hydroxylation is 1. The predicted octanol–water partition coefficient (Wildman–Crippen LogP) is 1.89. The molecule has 4 heterocycles. The third-order valence-electron chi connectivity index (χ3n) is 4.27. The molecule has 4 fully saturated rings. The van der Waals surface area contributed by atoms with Gasteiger partial charge in [-0.05, 0) is 30.7 Å². The molecule has 2 aromatic rings. The number of phenolic OH excluding ortho intramolecular Hbond substituents is 2. The molecule has 146 valence electrons. The zero-order valence-corrected chi connectivity index (χ0v) is 15.7. The summed E-state index contributed by atoms with van der Waals surface area (Å²) in [7, 11) is 0. The van der Waals surface area contributed by atoms with Crippen LogP contribution in [0.3, 0.4) is 0 Å². The molecule has 7 heteroatoms. The summed E-state index contributed by atoms with van der Waals surface area (Å²) in [6.45, 7) is 11.0. The summed E-state index contributed by atoms with van der Waals surface area (Å²) in [6.07, 6.45) is 0. The number of aromatic hydroxyl groups is 2. The van der Waals surface area contributed by atoms with Gasteiger partial charge in [-0.25, -0.2) is 0 Å². The number of rotatable bonds is 0. The van der Waals surface area contributed by atoms with Crippen LogP contribution in [0.25, 0.3) is 0 Å². The molecule has 0 radical (unpaired) electrons. The Hall–Kier alpha value is -2.45. The van der Waals surface area contributed by atoms with E-state index in [-0.39, 0.29) is 0 Å². The molecule has 0 aliphatic carbocycles. The van der Waals surface area contributed by atoms with E-state index in [1.54, 1.807) is 30.3 Å². The van der Waals surface area contributed by atoms with Crippen LogP contribution in [-0.4, -0.2) is 76.6 Å². The Morgan fingerprint density at radius 3 is 1.30 bits per heavy atom. The molecule has 7 nitrogen and oxygen atoms in total. The van der Waals surface area contributed by atoms with Crippen molar-refractivity contribution >= 4 is 6.79 Å². The van der Waals surface area contributed by atoms with E-state index >= 15 is 0 Å². The van der Waals surface area contributed by atoms with Gasteiger partial charge in [0.15, 0.2) is 0 Å². The van der Waals surface area contributed by atoms with Gasteiger partial charge < -0.3 is 15.0 Å². The fraction of sp³-hybridized carbons (Fsp3) is 0.350. The van der Waals surface area contributed by atoms with Crippen molar-refractivity contribution in [1.29, 1.82) is 0 Å². The minimum Gasteiger partial charge on any atom is -0.508 e. The van der Waals surface area contributed by atoms with Crippen molar-refractivity contribution in [3.8, 4) is 11.5 Å². The molecule has 2 aromatic carbocycles. The molecular formula is C20H28N4O3. The van der Waals surface area contributed by atoms with Gasteiger partial charge in [-0.2, -0.15) is 0 Å². The Morgan fingerprint density at radius 2 is 1.04 bits per heavy atom. The quantitative estimate of drug-likeness (QED) is 0.732. The van der Waals surface area contributed by atoms with Crippen LogP contribution in [0.15, 0.2) is 54.6 Å². The lowest BCUT2D eigenvalue weighted by Crippen LogP contribution is -2.71. The van der Waals surface area contributed by atoms with Gasteiger partial charge in [-0.3, -0.25) is 19.6 Å². The zero-order valence-electron chi connectivity index (χ0n) is 15.7. The lowest BCUT2D eigenvalue weighted by Gasteiger charge is -2.56. The second kappa shape index (κ2) is 10.6. The number of benzene rings is 2. The first kappa shape index (κ1) is 20.9. The van der Waals surface area contributed by atoms with Crippen molar-refractivity contribution < 1.29 is 15.0 Å². The highest BCUT2D eigenvalue weighted by molar-refractivity contribution is 5.29. The van der Waals surface area contributed by atoms with Gasteiger partial charge in [0.2, 0.25) is 0 Å². The number of hydrogen-bond acceptors (Lipinski definition) is 7. The molecule has 4 bridgehead atoms. The molecule has 4 aliphatic heterocycles. The summed E-state index contributed by atoms with van der Waals surface area (Å²) in [6, 6.07) is 16.0. The van der Waals surface area contributed by atoms with E-state index in [0.717, 1.165) is 5.56 Å². The van der Waals surface area contributed by atoms with Gasteiger partial charge in [0.1, 0.15) is 18.3 Å². The van der Waals surface area contributed by atoms with Gasteiger partial charge in [0.05, 0.1) is 40.0 Å². The smallest absolute Gasteiger partial charge is 0.118 e. The normalized spacial score (nSPS) is 26.4. The van der Waals surface area contributed by atoms with Gasteiger partial charge in [0.25, 0.3) is 0 Å². The lowest BCUT2D eigenvalue weighted by atomic mass is 10.2. The van der Waals surface area contributed by atoms with E-state index in [9.17, 15) is 0 Å². The van der Waals surface area contributed by atoms with E-state index < -0.39 is 0 Å². The van der Waals surface area contributed by atoms with Crippen LogP contribution in [0.1, 0.15) is 5.56 Å². The molecule has 0 amide bonds. The van der Waals surface area contributed by atoms with Crippen LogP contribution in [0.2, 0.25) is 0 Å². The molecule has 0 unspecified atom stereocenters. The van der Waals surface area contributed by atoms with Crippen LogP contribution in [0, 0.1) is 6.92 Å². The van der Waals surface area contributed by atoms with Crippen molar-refractivity contribution in [3.63, 3.8) is 0 Å². The zero-order chi connectivity index (χ0) is 19.6. The highest BCUT2D eigenvalue weighted by Gasteiger charge is 2.36. The summed E-state index contributed by atoms with van der Waals surface area (Å²) in [5.41, 5.74) is 0.924. The molecular weight excluding hydrogens is 344 g/mol. The number of nitrogens with zero attached hydrogens (tertiary/aromatic N) is 4. The second-order valence-electron chi connectivity index (χ2n) is 6.65. The Labute approximate surface area is 160 Å². The van der Waals surface area contributed by atoms with E-state index in [1.807, 2.05) is 38.0 Å². The maximum Gasteiger partial charge on any atom is 0.118 e. The first-order valence-corrected chi connectivity index (χ1v) is 8.77. The van der Waals surface area contributed by atoms with Crippen molar-refractivity contribution in [2.24, 2.45) is 0 Å². The maximum atomic E-state index is 8.92. The number of para-hydroxylation sites is 2. The van der Waals surface area contributed by atoms with E-state index in [1.165, 1.54) is 40.0 Å². The average molecular weight is 372 g/mol. The fourth-order valence-corrected chi connectivity index (χ4v) is 3.23. The van der Waals surface area contributed by atoms with Crippen molar-refractivity contribution in [1.82, 2.24) is 19.6 Å². The van der Waals surface area contributed by atoms with Gasteiger partial charge in [0, 0.05) is 0 Å². The summed E-state index contributed by atoms with van der Waals surface area (Å²) in [5.74, 6) is 0.690.